The summed E-state index contributed by atoms with van der Waals surface area (Å²) in [7, 11) is 1.05. The van der Waals surface area contributed by atoms with E-state index in [-0.39, 0.29) is 6.41 Å². The fraction of sp³-hybridized carbons (Fsp3) is 0.600. The van der Waals surface area contributed by atoms with E-state index in [2.05, 4.69) is 4.74 Å². The minimum atomic E-state index is -1.75. The number of carbonyl (C=O) groups is 2. The highest BCUT2D eigenvalue weighted by Gasteiger charge is 2.23. The molecule has 3 N–H and O–H groups in total. The van der Waals surface area contributed by atoms with Crippen molar-refractivity contribution in [3.05, 3.63) is 0 Å². The van der Waals surface area contributed by atoms with E-state index >= 15 is 0 Å². The van der Waals surface area contributed by atoms with Gasteiger partial charge in [-0.05, 0) is 0 Å². The quantitative estimate of drug-likeness (QED) is 0.243. The van der Waals surface area contributed by atoms with E-state index in [1.54, 1.807) is 5.32 Å². The van der Waals surface area contributed by atoms with Crippen molar-refractivity contribution in [2.45, 2.75) is 12.3 Å². The second-order valence-electron chi connectivity index (χ2n) is 1.70. The lowest BCUT2D eigenvalue weighted by Gasteiger charge is -2.13. The molecule has 0 bridgehead atoms. The zero-order valence-corrected chi connectivity index (χ0v) is 5.85. The smallest absolute Gasteiger partial charge is 0.339 e. The average molecular weight is 163 g/mol. The van der Waals surface area contributed by atoms with E-state index in [9.17, 15) is 9.59 Å². The predicted molar refractivity (Wildman–Crippen MR) is 33.2 cm³/mol. The third kappa shape index (κ3) is 2.96. The molecule has 1 amide bonds. The van der Waals surface area contributed by atoms with Crippen LogP contribution in [0.3, 0.4) is 0 Å². The molecular weight excluding hydrogens is 154 g/mol. The molecule has 11 heavy (non-hydrogen) atoms. The molecule has 0 rings (SSSR count). The van der Waals surface area contributed by atoms with Gasteiger partial charge in [-0.15, -0.1) is 0 Å². The summed E-state index contributed by atoms with van der Waals surface area (Å²) in [6.07, 6.45) is -3.21. The van der Waals surface area contributed by atoms with E-state index in [1.807, 2.05) is 0 Å². The van der Waals surface area contributed by atoms with Crippen LogP contribution in [-0.2, 0) is 14.3 Å². The monoisotopic (exact) mass is 163 g/mol. The molecule has 0 aromatic rings. The van der Waals surface area contributed by atoms with Crippen LogP contribution in [0.1, 0.15) is 0 Å². The molecule has 0 spiro atoms. The molecule has 2 atom stereocenters. The summed E-state index contributed by atoms with van der Waals surface area (Å²) in [4.78, 5) is 20.1. The zero-order chi connectivity index (χ0) is 8.85. The average Bonchev–Trinajstić information content (AvgIpc) is 2.02. The third-order valence-electron chi connectivity index (χ3n) is 0.981. The van der Waals surface area contributed by atoms with Gasteiger partial charge < -0.3 is 20.3 Å². The maximum absolute atomic E-state index is 10.4. The predicted octanol–water partition coefficient (Wildman–Crippen LogP) is -2.42. The first-order chi connectivity index (χ1) is 5.13. The number of aliphatic hydroxyl groups is 2. The van der Waals surface area contributed by atoms with Gasteiger partial charge in [0.05, 0.1) is 7.11 Å². The summed E-state index contributed by atoms with van der Waals surface area (Å²) in [6.45, 7) is 0. The van der Waals surface area contributed by atoms with Gasteiger partial charge >= 0.3 is 5.97 Å². The van der Waals surface area contributed by atoms with Crippen LogP contribution in [0.4, 0.5) is 0 Å². The number of hydrogen-bond acceptors (Lipinski definition) is 5. The number of rotatable bonds is 4. The lowest BCUT2D eigenvalue weighted by molar-refractivity contribution is -0.158. The largest absolute Gasteiger partial charge is 0.467 e. The minimum Gasteiger partial charge on any atom is -0.467 e. The van der Waals surface area contributed by atoms with E-state index in [0.29, 0.717) is 0 Å². The SMILES string of the molecule is COC(=O)[C@H](O)[C@@H](O)NC=O. The molecule has 0 aromatic heterocycles. The van der Waals surface area contributed by atoms with Crippen molar-refractivity contribution in [2.75, 3.05) is 7.11 Å². The fourth-order valence-electron chi connectivity index (χ4n) is 0.411. The van der Waals surface area contributed by atoms with Crippen LogP contribution in [0.15, 0.2) is 0 Å². The molecule has 6 nitrogen and oxygen atoms in total. The van der Waals surface area contributed by atoms with Gasteiger partial charge in [-0.25, -0.2) is 4.79 Å². The Balaban J connectivity index is 3.89. The first-order valence-electron chi connectivity index (χ1n) is 2.77. The van der Waals surface area contributed by atoms with E-state index in [4.69, 9.17) is 10.2 Å². The highest BCUT2D eigenvalue weighted by Crippen LogP contribution is 1.90. The minimum absolute atomic E-state index is 0.164. The highest BCUT2D eigenvalue weighted by atomic mass is 16.5. The van der Waals surface area contributed by atoms with Crippen molar-refractivity contribution in [1.82, 2.24) is 5.32 Å². The van der Waals surface area contributed by atoms with Crippen molar-refractivity contribution >= 4 is 12.4 Å². The van der Waals surface area contributed by atoms with Crippen LogP contribution in [0.2, 0.25) is 0 Å². The number of methoxy groups -OCH3 is 1. The lowest BCUT2D eigenvalue weighted by Crippen LogP contribution is -2.44. The van der Waals surface area contributed by atoms with E-state index in [1.165, 1.54) is 0 Å². The van der Waals surface area contributed by atoms with Gasteiger partial charge in [-0.2, -0.15) is 0 Å². The van der Waals surface area contributed by atoms with E-state index in [0.717, 1.165) is 7.11 Å². The van der Waals surface area contributed by atoms with Crippen LogP contribution < -0.4 is 5.32 Å². The van der Waals surface area contributed by atoms with Crippen molar-refractivity contribution in [3.8, 4) is 0 Å². The van der Waals surface area contributed by atoms with Gasteiger partial charge in [0.1, 0.15) is 0 Å². The summed E-state index contributed by atoms with van der Waals surface area (Å²) in [5.41, 5.74) is 0. The van der Waals surface area contributed by atoms with Gasteiger partial charge in [-0.1, -0.05) is 0 Å². The molecule has 0 aliphatic rings. The fourth-order valence-corrected chi connectivity index (χ4v) is 0.411. The normalized spacial score (nSPS) is 14.8. The Morgan fingerprint density at radius 3 is 2.55 bits per heavy atom. The van der Waals surface area contributed by atoms with Crippen LogP contribution in [0.5, 0.6) is 0 Å². The Hall–Kier alpha value is -1.14. The summed E-state index contributed by atoms with van der Waals surface area (Å²) in [5.74, 6) is -1.01. The molecule has 6 heteroatoms. The van der Waals surface area contributed by atoms with Gasteiger partial charge in [0.25, 0.3) is 0 Å². The molecule has 0 aliphatic heterocycles. The second-order valence-corrected chi connectivity index (χ2v) is 1.70. The van der Waals surface area contributed by atoms with Crippen LogP contribution in [0, 0.1) is 0 Å². The first-order valence-corrected chi connectivity index (χ1v) is 2.77. The standard InChI is InChI=1S/C5H9NO5/c1-11-5(10)3(8)4(9)6-2-7/h2-4,8-9H,1H3,(H,6,7)/t3-,4-/m1/s1. The number of carbonyl (C=O) groups excluding carboxylic acids is 2. The molecular formula is C5H9NO5. The van der Waals surface area contributed by atoms with Gasteiger partial charge in [0.15, 0.2) is 12.3 Å². The third-order valence-corrected chi connectivity index (χ3v) is 0.981. The summed E-state index contributed by atoms with van der Waals surface area (Å²) < 4.78 is 4.07. The molecule has 0 aromatic carbocycles. The first kappa shape index (κ1) is 9.86. The van der Waals surface area contributed by atoms with Crippen molar-refractivity contribution in [3.63, 3.8) is 0 Å². The molecule has 0 unspecified atom stereocenters. The Morgan fingerprint density at radius 1 is 1.64 bits per heavy atom. The highest BCUT2D eigenvalue weighted by molar-refractivity contribution is 5.75. The van der Waals surface area contributed by atoms with E-state index < -0.39 is 18.3 Å². The van der Waals surface area contributed by atoms with Crippen LogP contribution in [-0.4, -0.2) is 42.0 Å². The van der Waals surface area contributed by atoms with Gasteiger partial charge in [0, 0.05) is 0 Å². The molecule has 0 heterocycles. The Labute approximate surface area is 62.8 Å². The van der Waals surface area contributed by atoms with Crippen molar-refractivity contribution < 1.29 is 24.5 Å². The number of nitrogens with one attached hydrogen (secondary N) is 1. The van der Waals surface area contributed by atoms with Crippen molar-refractivity contribution in [2.24, 2.45) is 0 Å². The summed E-state index contributed by atoms with van der Waals surface area (Å²) in [5, 5.41) is 19.3. The second kappa shape index (κ2) is 4.64. The van der Waals surface area contributed by atoms with Crippen molar-refractivity contribution in [1.29, 1.82) is 0 Å². The molecule has 64 valence electrons. The summed E-state index contributed by atoms with van der Waals surface area (Å²) >= 11 is 0. The van der Waals surface area contributed by atoms with Crippen LogP contribution >= 0.6 is 0 Å². The Bertz CT molecular complexity index is 148. The topological polar surface area (TPSA) is 95.9 Å². The lowest BCUT2D eigenvalue weighted by atomic mass is 10.3. The zero-order valence-electron chi connectivity index (χ0n) is 5.85. The van der Waals surface area contributed by atoms with Crippen LogP contribution in [0.25, 0.3) is 0 Å². The molecule has 0 saturated carbocycles. The molecule has 0 saturated heterocycles. The number of esters is 1. The number of ether oxygens (including phenoxy) is 1. The van der Waals surface area contributed by atoms with Gasteiger partial charge in [0.2, 0.25) is 6.41 Å². The molecule has 0 fully saturated rings. The Kier molecular flexibility index (Phi) is 4.16. The molecule has 0 aliphatic carbocycles. The molecule has 0 radical (unpaired) electrons. The maximum atomic E-state index is 10.4. The number of aliphatic hydroxyl groups excluding tert-OH is 2. The Morgan fingerprint density at radius 2 is 2.18 bits per heavy atom. The maximum Gasteiger partial charge on any atom is 0.339 e. The number of hydrogen-bond donors (Lipinski definition) is 3. The summed E-state index contributed by atoms with van der Waals surface area (Å²) in [6, 6.07) is 0. The van der Waals surface area contributed by atoms with Gasteiger partial charge in [-0.3, -0.25) is 4.79 Å². The number of amides is 1.